The zero-order chi connectivity index (χ0) is 31.4. The summed E-state index contributed by atoms with van der Waals surface area (Å²) in [5, 5.41) is 20.8. The molecule has 0 aliphatic carbocycles. The van der Waals surface area contributed by atoms with E-state index in [0.717, 1.165) is 26.1 Å². The lowest BCUT2D eigenvalue weighted by Gasteiger charge is -2.33. The molecule has 234 valence electrons. The van der Waals surface area contributed by atoms with E-state index in [0.29, 0.717) is 48.4 Å². The third-order valence-corrected chi connectivity index (χ3v) is 9.64. The number of rotatable bonds is 8. The Morgan fingerprint density at radius 1 is 0.605 bits per heavy atom. The summed E-state index contributed by atoms with van der Waals surface area (Å²) in [5.41, 5.74) is 3.32. The van der Waals surface area contributed by atoms with Gasteiger partial charge in [-0.15, -0.1) is 0 Å². The van der Waals surface area contributed by atoms with Gasteiger partial charge in [-0.05, 0) is 62.2 Å². The van der Waals surface area contributed by atoms with Gasteiger partial charge in [0.25, 0.3) is 0 Å². The van der Waals surface area contributed by atoms with Gasteiger partial charge in [0.05, 0.1) is 0 Å². The molecule has 1 fully saturated rings. The molecule has 13 heteroatoms. The molecule has 1 heterocycles. The van der Waals surface area contributed by atoms with Gasteiger partial charge in [0.2, 0.25) is 0 Å². The Morgan fingerprint density at radius 3 is 1.42 bits per heavy atom. The predicted octanol–water partition coefficient (Wildman–Crippen LogP) is 2.53. The minimum absolute atomic E-state index is 0.269. The van der Waals surface area contributed by atoms with Crippen LogP contribution in [0, 0.1) is 13.8 Å². The van der Waals surface area contributed by atoms with E-state index in [1.54, 1.807) is 26.0 Å². The van der Waals surface area contributed by atoms with Gasteiger partial charge in [-0.25, -0.2) is 0 Å². The second-order valence-electron chi connectivity index (χ2n) is 11.3. The van der Waals surface area contributed by atoms with E-state index in [9.17, 15) is 38.9 Å². The van der Waals surface area contributed by atoms with Crippen LogP contribution < -0.4 is 10.6 Å². The van der Waals surface area contributed by atoms with Crippen LogP contribution in [0.5, 0.6) is 11.5 Å². The van der Waals surface area contributed by atoms with Crippen LogP contribution in [-0.2, 0) is 28.8 Å². The number of aryl methyl sites for hydroxylation is 2. The smallest absolute Gasteiger partial charge is 0.359 e. The maximum absolute atomic E-state index is 12.0. The molecule has 3 aromatic rings. The van der Waals surface area contributed by atoms with Gasteiger partial charge in [-0.1, -0.05) is 42.5 Å². The highest BCUT2D eigenvalue weighted by Crippen LogP contribution is 2.40. The first-order valence-electron chi connectivity index (χ1n) is 14.2. The Bertz CT molecular complexity index is 1510. The lowest BCUT2D eigenvalue weighted by Crippen LogP contribution is -2.42. The molecule has 1 aliphatic rings. The van der Waals surface area contributed by atoms with Gasteiger partial charge in [0, 0.05) is 56.9 Å². The Kier molecular flexibility index (Phi) is 10.9. The second kappa shape index (κ2) is 14.0. The number of hydrogen-bond donors (Lipinski definition) is 6. The van der Waals surface area contributed by atoms with Crippen molar-refractivity contribution in [3.8, 4) is 11.5 Å². The summed E-state index contributed by atoms with van der Waals surface area (Å²) < 4.78 is 24.1. The number of benzene rings is 3. The topological polar surface area (TPSA) is 165 Å². The van der Waals surface area contributed by atoms with Crippen LogP contribution in [0.2, 0.25) is 0 Å². The molecule has 1 saturated heterocycles. The number of phenols is 2. The highest BCUT2D eigenvalue weighted by Gasteiger charge is 2.27. The summed E-state index contributed by atoms with van der Waals surface area (Å²) in [4.78, 5) is 45.7. The van der Waals surface area contributed by atoms with Gasteiger partial charge in [-0.2, -0.15) is 0 Å². The quantitative estimate of drug-likeness (QED) is 0.202. The summed E-state index contributed by atoms with van der Waals surface area (Å²) in [5.74, 6) is -0.795. The van der Waals surface area contributed by atoms with E-state index >= 15 is 0 Å². The van der Waals surface area contributed by atoms with Crippen molar-refractivity contribution in [1.82, 2.24) is 14.7 Å². The Balaban J connectivity index is 1.61. The number of aromatic hydroxyl groups is 2. The van der Waals surface area contributed by atoms with Crippen LogP contribution in [0.25, 0.3) is 0 Å². The zero-order valence-corrected chi connectivity index (χ0v) is 26.3. The maximum Gasteiger partial charge on any atom is 0.359 e. The van der Waals surface area contributed by atoms with Gasteiger partial charge in [-0.3, -0.25) is 23.8 Å². The Labute approximate surface area is 252 Å². The van der Waals surface area contributed by atoms with Crippen molar-refractivity contribution in [2.75, 3.05) is 39.3 Å². The third-order valence-electron chi connectivity index (χ3n) is 7.70. The molecule has 0 unspecified atom stereocenters. The summed E-state index contributed by atoms with van der Waals surface area (Å²) in [7, 11) is -9.35. The van der Waals surface area contributed by atoms with Crippen molar-refractivity contribution < 1.29 is 38.9 Å². The minimum Gasteiger partial charge on any atom is -0.507 e. The van der Waals surface area contributed by atoms with Gasteiger partial charge >= 0.3 is 15.2 Å². The Hall–Kier alpha value is -2.56. The molecule has 0 spiro atoms. The average molecular weight is 634 g/mol. The molecule has 3 aromatic carbocycles. The first kappa shape index (κ1) is 33.3. The second-order valence-corrected chi connectivity index (χ2v) is 14.5. The van der Waals surface area contributed by atoms with Crippen LogP contribution in [-0.4, -0.2) is 83.8 Å². The third kappa shape index (κ3) is 9.22. The molecule has 0 saturated carbocycles. The number of nitrogens with zero attached hydrogens (tertiary/aromatic N) is 3. The average Bonchev–Trinajstić information content (AvgIpc) is 2.92. The largest absolute Gasteiger partial charge is 0.507 e. The van der Waals surface area contributed by atoms with Crippen LogP contribution in [0.4, 0.5) is 0 Å². The van der Waals surface area contributed by atoms with E-state index in [4.69, 9.17) is 0 Å². The summed E-state index contributed by atoms with van der Waals surface area (Å²) in [6, 6.07) is 16.2. The van der Waals surface area contributed by atoms with Crippen LogP contribution in [0.3, 0.4) is 0 Å². The molecule has 0 atom stereocenters. The van der Waals surface area contributed by atoms with Crippen LogP contribution in [0.15, 0.2) is 54.6 Å². The van der Waals surface area contributed by atoms with Crippen LogP contribution in [0.1, 0.15) is 34.2 Å². The Morgan fingerprint density at radius 2 is 1.00 bits per heavy atom. The van der Waals surface area contributed by atoms with E-state index in [-0.39, 0.29) is 23.7 Å². The molecule has 43 heavy (non-hydrogen) atoms. The highest BCUT2D eigenvalue weighted by molar-refractivity contribution is 7.60. The highest BCUT2D eigenvalue weighted by atomic mass is 31.2. The van der Waals surface area contributed by atoms with Crippen molar-refractivity contribution in [2.24, 2.45) is 0 Å². The zero-order valence-electron chi connectivity index (χ0n) is 24.5. The molecule has 1 aliphatic heterocycles. The molecular weight excluding hydrogens is 592 g/mol. The maximum atomic E-state index is 12.0. The summed E-state index contributed by atoms with van der Waals surface area (Å²) >= 11 is 0. The van der Waals surface area contributed by atoms with Crippen LogP contribution >= 0.6 is 15.2 Å². The molecule has 11 nitrogen and oxygen atoms in total. The fourth-order valence-corrected chi connectivity index (χ4v) is 7.15. The lowest BCUT2D eigenvalue weighted by molar-refractivity contribution is 0.138. The van der Waals surface area contributed by atoms with Crippen molar-refractivity contribution in [3.05, 3.63) is 82.4 Å². The van der Waals surface area contributed by atoms with E-state index in [2.05, 4.69) is 26.8 Å². The van der Waals surface area contributed by atoms with Gasteiger partial charge in [0.15, 0.2) is 0 Å². The van der Waals surface area contributed by atoms with E-state index < -0.39 is 26.7 Å². The van der Waals surface area contributed by atoms with Gasteiger partial charge in [0.1, 0.15) is 22.1 Å². The van der Waals surface area contributed by atoms with E-state index in [1.807, 2.05) is 18.2 Å². The summed E-state index contributed by atoms with van der Waals surface area (Å²) in [6.07, 6.45) is 0.842. The fraction of sp³-hybridized carbons (Fsp3) is 0.400. The van der Waals surface area contributed by atoms with Crippen molar-refractivity contribution in [1.29, 1.82) is 0 Å². The molecular formula is C30H41N3O8P2. The molecule has 0 amide bonds. The first-order valence-corrected chi connectivity index (χ1v) is 17.4. The summed E-state index contributed by atoms with van der Waals surface area (Å²) in [6.45, 7) is 8.73. The SMILES string of the molecule is Cc1cc(CN2CCCN(Cc3ccccc3)CCN(Cc3cc(C)cc(P(=O)(O)O)c3O)CC2)c(O)c(P(=O)(O)O)c1. The van der Waals surface area contributed by atoms with Gasteiger partial charge < -0.3 is 29.8 Å². The van der Waals surface area contributed by atoms with Crippen molar-refractivity contribution in [3.63, 3.8) is 0 Å². The fourth-order valence-electron chi connectivity index (χ4n) is 5.57. The minimum atomic E-state index is -4.68. The molecule has 6 N–H and O–H groups in total. The predicted molar refractivity (Wildman–Crippen MR) is 166 cm³/mol. The molecule has 0 bridgehead atoms. The molecule has 0 aromatic heterocycles. The molecule has 0 radical (unpaired) electrons. The standard InChI is InChI=1S/C30H41N3O8P2/c1-22-15-25(29(34)27(17-22)42(36,37)38)20-32-10-6-9-31(19-24-7-4-3-5-8-24)11-13-33(14-12-32)21-26-16-23(2)18-28(30(26)35)43(39,40)41/h3-5,7-8,15-18,34-35H,6,9-14,19-21H2,1-2H3,(H2,36,37,38)(H2,39,40,41). The monoisotopic (exact) mass is 633 g/mol. The lowest BCUT2D eigenvalue weighted by atomic mass is 10.1. The first-order chi connectivity index (χ1) is 20.2. The normalized spacial score (nSPS) is 16.8. The van der Waals surface area contributed by atoms with Crippen molar-refractivity contribution >= 4 is 25.8 Å². The molecule has 4 rings (SSSR count). The number of hydrogen-bond acceptors (Lipinski definition) is 7. The van der Waals surface area contributed by atoms with E-state index in [1.165, 1.54) is 17.7 Å². The number of phenolic OH excluding ortho intramolecular Hbond substituents is 2. The van der Waals surface area contributed by atoms with Crippen molar-refractivity contribution in [2.45, 2.75) is 39.9 Å².